The van der Waals surface area contributed by atoms with Crippen molar-refractivity contribution in [1.82, 2.24) is 15.5 Å². The topological polar surface area (TPSA) is 44.4 Å². The number of hydrogen-bond donors (Lipinski definition) is 2. The summed E-state index contributed by atoms with van der Waals surface area (Å²) < 4.78 is 0. The molecule has 0 saturated carbocycles. The van der Waals surface area contributed by atoms with Gasteiger partial charge in [0.2, 0.25) is 5.91 Å². The molecule has 1 heterocycles. The molecule has 1 aliphatic heterocycles. The fraction of sp³-hybridized carbons (Fsp3) is 0.786. The first-order valence-corrected chi connectivity index (χ1v) is 6.75. The van der Waals surface area contributed by atoms with Crippen LogP contribution in [0.5, 0.6) is 0 Å². The zero-order valence-electron chi connectivity index (χ0n) is 12.3. The zero-order valence-corrected chi connectivity index (χ0v) is 12.3. The van der Waals surface area contributed by atoms with E-state index in [-0.39, 0.29) is 11.9 Å². The van der Waals surface area contributed by atoms with Gasteiger partial charge in [-0.3, -0.25) is 4.79 Å². The smallest absolute Gasteiger partial charge is 0.247 e. The highest BCUT2D eigenvalue weighted by molar-refractivity contribution is 5.94. The summed E-state index contributed by atoms with van der Waals surface area (Å²) in [7, 11) is 4.08. The molecule has 0 spiro atoms. The fourth-order valence-corrected chi connectivity index (χ4v) is 2.16. The third kappa shape index (κ3) is 4.78. The lowest BCUT2D eigenvalue weighted by atomic mass is 10.0. The van der Waals surface area contributed by atoms with Gasteiger partial charge in [0.25, 0.3) is 0 Å². The highest BCUT2D eigenvalue weighted by Gasteiger charge is 2.19. The van der Waals surface area contributed by atoms with Crippen LogP contribution in [0.3, 0.4) is 0 Å². The Bertz CT molecular complexity index is 305. The van der Waals surface area contributed by atoms with Crippen molar-refractivity contribution in [3.05, 3.63) is 11.1 Å². The van der Waals surface area contributed by atoms with Crippen LogP contribution in [0.4, 0.5) is 0 Å². The number of nitrogens with zero attached hydrogens (tertiary/aromatic N) is 1. The predicted octanol–water partition coefficient (Wildman–Crippen LogP) is 0.999. The van der Waals surface area contributed by atoms with Crippen molar-refractivity contribution in [2.75, 3.05) is 33.7 Å². The summed E-state index contributed by atoms with van der Waals surface area (Å²) in [6, 6.07) is 0.232. The molecule has 18 heavy (non-hydrogen) atoms. The van der Waals surface area contributed by atoms with Gasteiger partial charge < -0.3 is 15.5 Å². The number of rotatable bonds is 6. The van der Waals surface area contributed by atoms with Gasteiger partial charge in [-0.05, 0) is 38.9 Å². The van der Waals surface area contributed by atoms with Crippen LogP contribution in [-0.2, 0) is 4.79 Å². The third-order valence-corrected chi connectivity index (χ3v) is 3.22. The monoisotopic (exact) mass is 253 g/mol. The molecule has 0 aromatic rings. The average molecular weight is 253 g/mol. The number of carbonyl (C=O) groups excluding carboxylic acids is 1. The normalized spacial score (nSPS) is 16.7. The third-order valence-electron chi connectivity index (χ3n) is 3.22. The van der Waals surface area contributed by atoms with Gasteiger partial charge in [0, 0.05) is 31.2 Å². The Kier molecular flexibility index (Phi) is 5.82. The van der Waals surface area contributed by atoms with Crippen molar-refractivity contribution in [1.29, 1.82) is 0 Å². The van der Waals surface area contributed by atoms with Gasteiger partial charge in [0.05, 0.1) is 0 Å². The molecule has 1 aliphatic rings. The van der Waals surface area contributed by atoms with E-state index in [0.29, 0.717) is 5.92 Å². The van der Waals surface area contributed by atoms with E-state index >= 15 is 0 Å². The van der Waals surface area contributed by atoms with Crippen LogP contribution >= 0.6 is 0 Å². The number of likely N-dealkylation sites (N-methyl/N-ethyl adjacent to an activating group) is 1. The Morgan fingerprint density at radius 1 is 1.39 bits per heavy atom. The lowest BCUT2D eigenvalue weighted by molar-refractivity contribution is -0.118. The lowest BCUT2D eigenvalue weighted by Crippen LogP contribution is -2.44. The second kappa shape index (κ2) is 6.90. The van der Waals surface area contributed by atoms with E-state index in [1.54, 1.807) is 0 Å². The molecule has 1 amide bonds. The van der Waals surface area contributed by atoms with E-state index < -0.39 is 0 Å². The highest BCUT2D eigenvalue weighted by Crippen LogP contribution is 2.11. The van der Waals surface area contributed by atoms with Crippen molar-refractivity contribution in [3.8, 4) is 0 Å². The van der Waals surface area contributed by atoms with Crippen molar-refractivity contribution < 1.29 is 4.79 Å². The molecule has 1 fully saturated rings. The minimum atomic E-state index is 0.0963. The molecule has 1 saturated heterocycles. The van der Waals surface area contributed by atoms with Gasteiger partial charge in [-0.2, -0.15) is 0 Å². The molecule has 0 radical (unpaired) electrons. The van der Waals surface area contributed by atoms with E-state index in [9.17, 15) is 4.79 Å². The summed E-state index contributed by atoms with van der Waals surface area (Å²) in [5.74, 6) is 0.688. The summed E-state index contributed by atoms with van der Waals surface area (Å²) >= 11 is 0. The maximum absolute atomic E-state index is 12.1. The predicted molar refractivity (Wildman–Crippen MR) is 75.5 cm³/mol. The molecule has 0 aromatic carbocycles. The molecular weight excluding hydrogens is 226 g/mol. The SMILES string of the molecule is CC(C(=O)NC(CC(C)C)CN(C)C)=C1CNC1. The van der Waals surface area contributed by atoms with Gasteiger partial charge in [-0.1, -0.05) is 13.8 Å². The van der Waals surface area contributed by atoms with Crippen LogP contribution in [0.15, 0.2) is 11.1 Å². The number of carbonyl (C=O) groups is 1. The summed E-state index contributed by atoms with van der Waals surface area (Å²) in [5.41, 5.74) is 2.13. The van der Waals surface area contributed by atoms with Crippen LogP contribution in [-0.4, -0.2) is 50.6 Å². The molecule has 1 rings (SSSR count). The van der Waals surface area contributed by atoms with E-state index in [4.69, 9.17) is 0 Å². The first-order valence-electron chi connectivity index (χ1n) is 6.75. The minimum Gasteiger partial charge on any atom is -0.348 e. The minimum absolute atomic E-state index is 0.0963. The van der Waals surface area contributed by atoms with Gasteiger partial charge in [-0.25, -0.2) is 0 Å². The molecule has 104 valence electrons. The Morgan fingerprint density at radius 3 is 2.39 bits per heavy atom. The second-order valence-electron chi connectivity index (χ2n) is 5.89. The maximum atomic E-state index is 12.1. The first-order chi connectivity index (χ1) is 8.40. The Morgan fingerprint density at radius 2 is 2.00 bits per heavy atom. The van der Waals surface area contributed by atoms with Gasteiger partial charge in [0.1, 0.15) is 0 Å². The summed E-state index contributed by atoms with van der Waals surface area (Å²) in [6.07, 6.45) is 1.02. The van der Waals surface area contributed by atoms with Crippen molar-refractivity contribution >= 4 is 5.91 Å². The highest BCUT2D eigenvalue weighted by atomic mass is 16.1. The first kappa shape index (κ1) is 15.2. The van der Waals surface area contributed by atoms with Crippen LogP contribution in [0.1, 0.15) is 27.2 Å². The van der Waals surface area contributed by atoms with Crippen LogP contribution in [0, 0.1) is 5.92 Å². The molecule has 4 heteroatoms. The van der Waals surface area contributed by atoms with Crippen LogP contribution < -0.4 is 10.6 Å². The van der Waals surface area contributed by atoms with E-state index in [0.717, 1.165) is 31.6 Å². The molecule has 4 nitrogen and oxygen atoms in total. The second-order valence-corrected chi connectivity index (χ2v) is 5.89. The van der Waals surface area contributed by atoms with Crippen molar-refractivity contribution in [2.24, 2.45) is 5.92 Å². The number of hydrogen-bond acceptors (Lipinski definition) is 3. The van der Waals surface area contributed by atoms with Crippen LogP contribution in [0.2, 0.25) is 0 Å². The van der Waals surface area contributed by atoms with E-state index in [1.807, 2.05) is 21.0 Å². The van der Waals surface area contributed by atoms with Gasteiger partial charge in [0.15, 0.2) is 0 Å². The fourth-order valence-electron chi connectivity index (χ4n) is 2.16. The molecule has 1 unspecified atom stereocenters. The lowest BCUT2D eigenvalue weighted by Gasteiger charge is -2.26. The van der Waals surface area contributed by atoms with E-state index in [2.05, 4.69) is 29.4 Å². The summed E-state index contributed by atoms with van der Waals surface area (Å²) in [5, 5.41) is 6.33. The van der Waals surface area contributed by atoms with E-state index in [1.165, 1.54) is 5.57 Å². The van der Waals surface area contributed by atoms with Gasteiger partial charge in [-0.15, -0.1) is 0 Å². The zero-order chi connectivity index (χ0) is 13.7. The van der Waals surface area contributed by atoms with Gasteiger partial charge >= 0.3 is 0 Å². The Labute approximate surface area is 111 Å². The summed E-state index contributed by atoms with van der Waals surface area (Å²) in [4.78, 5) is 14.3. The standard InChI is InChI=1S/C14H27N3O/c1-10(2)6-13(9-17(4)5)16-14(18)11(3)12-7-15-8-12/h10,13,15H,6-9H2,1-5H3,(H,16,18). The quantitative estimate of drug-likeness (QED) is 0.694. The summed E-state index contributed by atoms with van der Waals surface area (Å²) in [6.45, 7) is 8.92. The largest absolute Gasteiger partial charge is 0.348 e. The number of nitrogens with one attached hydrogen (secondary N) is 2. The van der Waals surface area contributed by atoms with Crippen LogP contribution in [0.25, 0.3) is 0 Å². The molecule has 0 aliphatic carbocycles. The Hall–Kier alpha value is -0.870. The molecule has 0 aromatic heterocycles. The Balaban J connectivity index is 2.56. The molecule has 1 atom stereocenters. The molecular formula is C14H27N3O. The average Bonchev–Trinajstić information content (AvgIpc) is 2.11. The molecule has 0 bridgehead atoms. The maximum Gasteiger partial charge on any atom is 0.247 e. The number of amides is 1. The van der Waals surface area contributed by atoms with Crippen molar-refractivity contribution in [2.45, 2.75) is 33.2 Å². The molecule has 2 N–H and O–H groups in total. The van der Waals surface area contributed by atoms with Crippen molar-refractivity contribution in [3.63, 3.8) is 0 Å².